The monoisotopic (exact) mass is 303 g/mol. The largest absolute Gasteiger partial charge is 0.347 e. The maximum Gasteiger partial charge on any atom is 0.242 e. The zero-order valence-corrected chi connectivity index (χ0v) is 13.1. The molecular weight excluding hydrogens is 282 g/mol. The molecular formula is C16H21N3OS. The first-order valence-corrected chi connectivity index (χ1v) is 8.42. The van der Waals surface area contributed by atoms with Gasteiger partial charge in [-0.1, -0.05) is 18.9 Å². The average molecular weight is 303 g/mol. The first-order chi connectivity index (χ1) is 10.2. The number of hydrogen-bond acceptors (Lipinski definition) is 3. The minimum Gasteiger partial charge on any atom is -0.347 e. The summed E-state index contributed by atoms with van der Waals surface area (Å²) in [5.74, 6) is 0.621. The summed E-state index contributed by atoms with van der Waals surface area (Å²) in [5.41, 5.74) is 1.08. The van der Waals surface area contributed by atoms with Gasteiger partial charge in [-0.05, 0) is 42.7 Å². The Hall–Kier alpha value is -1.62. The molecule has 112 valence electrons. The molecule has 1 N–H and O–H groups in total. The minimum atomic E-state index is 0.0448. The fraction of sp³-hybridized carbons (Fsp3) is 0.500. The summed E-state index contributed by atoms with van der Waals surface area (Å²) in [4.78, 5) is 13.6. The smallest absolute Gasteiger partial charge is 0.242 e. The van der Waals surface area contributed by atoms with Gasteiger partial charge in [0.1, 0.15) is 6.54 Å². The second kappa shape index (κ2) is 6.43. The Morgan fingerprint density at radius 3 is 2.95 bits per heavy atom. The number of thiophene rings is 1. The molecule has 0 radical (unpaired) electrons. The number of amides is 1. The minimum absolute atomic E-state index is 0.0448. The third-order valence-corrected chi connectivity index (χ3v) is 5.06. The fourth-order valence-corrected chi connectivity index (χ4v) is 3.97. The van der Waals surface area contributed by atoms with E-state index < -0.39 is 0 Å². The lowest BCUT2D eigenvalue weighted by Gasteiger charge is -2.23. The van der Waals surface area contributed by atoms with Gasteiger partial charge in [-0.2, -0.15) is 5.10 Å². The molecule has 2 aromatic heterocycles. The Kier molecular flexibility index (Phi) is 4.39. The van der Waals surface area contributed by atoms with Crippen molar-refractivity contribution in [3.05, 3.63) is 40.3 Å². The van der Waals surface area contributed by atoms with Crippen molar-refractivity contribution >= 4 is 17.2 Å². The molecule has 1 aliphatic rings. The second-order valence-electron chi connectivity index (χ2n) is 5.82. The number of rotatable bonds is 5. The van der Waals surface area contributed by atoms with Crippen LogP contribution in [0.25, 0.3) is 0 Å². The molecule has 1 atom stereocenters. The van der Waals surface area contributed by atoms with Crippen LogP contribution in [0.2, 0.25) is 0 Å². The van der Waals surface area contributed by atoms with Crippen LogP contribution in [0.15, 0.2) is 29.9 Å². The molecule has 0 aromatic carbocycles. The first kappa shape index (κ1) is 14.3. The SMILES string of the molecule is Cc1cnn(CC(=O)N[C@H](c2cccs2)C2CCCC2)c1. The van der Waals surface area contributed by atoms with Gasteiger partial charge in [0.25, 0.3) is 0 Å². The first-order valence-electron chi connectivity index (χ1n) is 7.54. The van der Waals surface area contributed by atoms with Gasteiger partial charge >= 0.3 is 0 Å². The van der Waals surface area contributed by atoms with E-state index in [-0.39, 0.29) is 11.9 Å². The number of aryl methyl sites for hydroxylation is 1. The summed E-state index contributed by atoms with van der Waals surface area (Å²) < 4.78 is 1.70. The van der Waals surface area contributed by atoms with Crippen molar-refractivity contribution in [3.63, 3.8) is 0 Å². The molecule has 0 unspecified atom stereocenters. The molecule has 1 fully saturated rings. The van der Waals surface area contributed by atoms with Crippen LogP contribution < -0.4 is 5.32 Å². The summed E-state index contributed by atoms with van der Waals surface area (Å²) in [6.45, 7) is 2.27. The summed E-state index contributed by atoms with van der Waals surface area (Å²) in [6, 6.07) is 4.36. The topological polar surface area (TPSA) is 46.9 Å². The van der Waals surface area contributed by atoms with Crippen molar-refractivity contribution in [3.8, 4) is 0 Å². The van der Waals surface area contributed by atoms with E-state index >= 15 is 0 Å². The van der Waals surface area contributed by atoms with Gasteiger partial charge in [0.15, 0.2) is 0 Å². The number of carbonyl (C=O) groups excluding carboxylic acids is 1. The van der Waals surface area contributed by atoms with Crippen molar-refractivity contribution in [2.45, 2.75) is 45.2 Å². The number of nitrogens with zero attached hydrogens (tertiary/aromatic N) is 2. The van der Waals surface area contributed by atoms with E-state index in [2.05, 4.69) is 27.9 Å². The van der Waals surface area contributed by atoms with Gasteiger partial charge in [-0.3, -0.25) is 9.48 Å². The van der Waals surface area contributed by atoms with Crippen LogP contribution in [0.1, 0.15) is 42.2 Å². The zero-order chi connectivity index (χ0) is 14.7. The van der Waals surface area contributed by atoms with Gasteiger partial charge in [-0.15, -0.1) is 11.3 Å². The molecule has 0 aliphatic heterocycles. The lowest BCUT2D eigenvalue weighted by Crippen LogP contribution is -2.34. The van der Waals surface area contributed by atoms with Gasteiger partial charge < -0.3 is 5.32 Å². The third-order valence-electron chi connectivity index (χ3n) is 4.11. The van der Waals surface area contributed by atoms with Crippen LogP contribution >= 0.6 is 11.3 Å². The number of aromatic nitrogens is 2. The predicted octanol–water partition coefficient (Wildman–Crippen LogP) is 3.30. The molecule has 1 saturated carbocycles. The van der Waals surface area contributed by atoms with Gasteiger partial charge in [-0.25, -0.2) is 0 Å². The van der Waals surface area contributed by atoms with Crippen molar-refractivity contribution < 1.29 is 4.79 Å². The van der Waals surface area contributed by atoms with E-state index in [0.717, 1.165) is 5.56 Å². The van der Waals surface area contributed by atoms with Crippen molar-refractivity contribution in [2.24, 2.45) is 5.92 Å². The van der Waals surface area contributed by atoms with Crippen molar-refractivity contribution in [1.82, 2.24) is 15.1 Å². The second-order valence-corrected chi connectivity index (χ2v) is 6.80. The molecule has 1 aliphatic carbocycles. The number of nitrogens with one attached hydrogen (secondary N) is 1. The van der Waals surface area contributed by atoms with Crippen molar-refractivity contribution in [2.75, 3.05) is 0 Å². The quantitative estimate of drug-likeness (QED) is 0.921. The Balaban J connectivity index is 1.67. The maximum atomic E-state index is 12.3. The molecule has 21 heavy (non-hydrogen) atoms. The standard InChI is InChI=1S/C16H21N3OS/c1-12-9-17-19(10-12)11-15(20)18-16(13-5-2-3-6-13)14-7-4-8-21-14/h4,7-10,13,16H,2-3,5-6,11H2,1H3,(H,18,20)/t16-/m0/s1. The lowest BCUT2D eigenvalue weighted by molar-refractivity contribution is -0.123. The van der Waals surface area contributed by atoms with E-state index in [9.17, 15) is 4.79 Å². The normalized spacial score (nSPS) is 17.0. The maximum absolute atomic E-state index is 12.3. The van der Waals surface area contributed by atoms with E-state index in [1.165, 1.54) is 30.6 Å². The van der Waals surface area contributed by atoms with Crippen LogP contribution in [-0.2, 0) is 11.3 Å². The highest BCUT2D eigenvalue weighted by Crippen LogP contribution is 2.37. The van der Waals surface area contributed by atoms with Crippen LogP contribution in [0.5, 0.6) is 0 Å². The van der Waals surface area contributed by atoms with Crippen molar-refractivity contribution in [1.29, 1.82) is 0 Å². The van der Waals surface area contributed by atoms with E-state index in [1.807, 2.05) is 13.1 Å². The van der Waals surface area contributed by atoms with Gasteiger partial charge in [0.05, 0.1) is 12.2 Å². The molecule has 0 spiro atoms. The van der Waals surface area contributed by atoms with E-state index in [1.54, 1.807) is 22.2 Å². The third kappa shape index (κ3) is 3.53. The Labute approximate surface area is 129 Å². The lowest BCUT2D eigenvalue weighted by atomic mass is 9.96. The molecule has 2 heterocycles. The number of carbonyl (C=O) groups is 1. The van der Waals surface area contributed by atoms with E-state index in [0.29, 0.717) is 12.5 Å². The number of hydrogen-bond donors (Lipinski definition) is 1. The molecule has 0 bridgehead atoms. The summed E-state index contributed by atoms with van der Waals surface area (Å²) in [5, 5.41) is 9.50. The highest BCUT2D eigenvalue weighted by molar-refractivity contribution is 7.10. The Bertz CT molecular complexity index is 584. The molecule has 2 aromatic rings. The van der Waals surface area contributed by atoms with Crippen LogP contribution in [0, 0.1) is 12.8 Å². The molecule has 4 nitrogen and oxygen atoms in total. The Morgan fingerprint density at radius 2 is 2.33 bits per heavy atom. The molecule has 5 heteroatoms. The molecule has 1 amide bonds. The fourth-order valence-electron chi connectivity index (χ4n) is 3.10. The zero-order valence-electron chi connectivity index (χ0n) is 12.3. The van der Waals surface area contributed by atoms with Crippen LogP contribution in [0.4, 0.5) is 0 Å². The molecule has 3 rings (SSSR count). The van der Waals surface area contributed by atoms with Crippen LogP contribution in [-0.4, -0.2) is 15.7 Å². The molecule has 0 saturated heterocycles. The van der Waals surface area contributed by atoms with Gasteiger partial charge in [0.2, 0.25) is 5.91 Å². The summed E-state index contributed by atoms with van der Waals surface area (Å²) >= 11 is 1.73. The van der Waals surface area contributed by atoms with E-state index in [4.69, 9.17) is 0 Å². The van der Waals surface area contributed by atoms with Crippen LogP contribution in [0.3, 0.4) is 0 Å². The summed E-state index contributed by atoms with van der Waals surface area (Å²) in [6.07, 6.45) is 8.66. The predicted molar refractivity (Wildman–Crippen MR) is 84.1 cm³/mol. The average Bonchev–Trinajstić information content (AvgIpc) is 3.19. The Morgan fingerprint density at radius 1 is 1.52 bits per heavy atom. The van der Waals surface area contributed by atoms with Gasteiger partial charge in [0, 0.05) is 11.1 Å². The summed E-state index contributed by atoms with van der Waals surface area (Å²) in [7, 11) is 0. The highest BCUT2D eigenvalue weighted by Gasteiger charge is 2.28. The highest BCUT2D eigenvalue weighted by atomic mass is 32.1.